The number of nitrogens with one attached hydrogen (secondary N) is 1. The second kappa shape index (κ2) is 6.33. The lowest BCUT2D eigenvalue weighted by molar-refractivity contribution is -0.120. The van der Waals surface area contributed by atoms with E-state index in [0.717, 1.165) is 21.0 Å². The first-order valence-electron chi connectivity index (χ1n) is 6.39. The molecule has 20 heavy (non-hydrogen) atoms. The molecule has 0 radical (unpaired) electrons. The van der Waals surface area contributed by atoms with E-state index in [1.807, 2.05) is 32.0 Å². The molecule has 1 heterocycles. The van der Waals surface area contributed by atoms with Gasteiger partial charge in [-0.1, -0.05) is 30.3 Å². The van der Waals surface area contributed by atoms with E-state index in [-0.39, 0.29) is 11.4 Å². The molecule has 0 spiro atoms. The number of benzene rings is 1. The number of carbonyl (C=O) groups excluding carboxylic acids is 1. The van der Waals surface area contributed by atoms with Crippen LogP contribution in [-0.2, 0) is 4.79 Å². The van der Waals surface area contributed by atoms with Crippen molar-refractivity contribution < 1.29 is 4.79 Å². The second-order valence-electron chi connectivity index (χ2n) is 5.17. The molecule has 0 saturated carbocycles. The fourth-order valence-corrected chi connectivity index (χ4v) is 3.59. The predicted molar refractivity (Wildman–Crippen MR) is 87.9 cm³/mol. The highest BCUT2D eigenvalue weighted by Crippen LogP contribution is 2.30. The van der Waals surface area contributed by atoms with Crippen LogP contribution in [0.4, 0.5) is 0 Å². The predicted octanol–water partition coefficient (Wildman–Crippen LogP) is 4.35. The van der Waals surface area contributed by atoms with Crippen molar-refractivity contribution in [2.75, 3.05) is 5.75 Å². The molecular weight excluding hydrogens is 312 g/mol. The van der Waals surface area contributed by atoms with Gasteiger partial charge in [-0.05, 0) is 38.5 Å². The normalized spacial score (nSPS) is 11.8. The number of rotatable bonds is 5. The van der Waals surface area contributed by atoms with E-state index < -0.39 is 0 Å². The summed E-state index contributed by atoms with van der Waals surface area (Å²) in [6.45, 7) is 6.11. The number of hydrogen-bond donors (Lipinski definition) is 1. The Balaban J connectivity index is 1.97. The summed E-state index contributed by atoms with van der Waals surface area (Å²) in [5, 5.41) is 3.70. The van der Waals surface area contributed by atoms with Crippen LogP contribution in [0.3, 0.4) is 0 Å². The number of amides is 1. The van der Waals surface area contributed by atoms with Crippen LogP contribution < -0.4 is 5.32 Å². The summed E-state index contributed by atoms with van der Waals surface area (Å²) < 4.78 is 1.98. The molecule has 1 aromatic heterocycles. The Labute approximate surface area is 132 Å². The summed E-state index contributed by atoms with van der Waals surface area (Å²) in [4.78, 5) is 16.4. The maximum Gasteiger partial charge on any atom is 0.230 e. The third-order valence-corrected chi connectivity index (χ3v) is 5.43. The average molecular weight is 329 g/mol. The summed E-state index contributed by atoms with van der Waals surface area (Å²) >= 11 is 8.99. The van der Waals surface area contributed by atoms with Gasteiger partial charge in [-0.3, -0.25) is 4.79 Å². The van der Waals surface area contributed by atoms with Gasteiger partial charge in [0, 0.05) is 10.6 Å². The monoisotopic (exact) mass is 328 g/mol. The van der Waals surface area contributed by atoms with Gasteiger partial charge in [0.25, 0.3) is 0 Å². The van der Waals surface area contributed by atoms with Crippen molar-refractivity contribution >= 4 is 50.8 Å². The Morgan fingerprint density at radius 3 is 2.95 bits per heavy atom. The van der Waals surface area contributed by atoms with Crippen molar-refractivity contribution in [1.82, 2.24) is 10.3 Å². The van der Waals surface area contributed by atoms with E-state index >= 15 is 0 Å². The minimum absolute atomic E-state index is 0.0409. The summed E-state index contributed by atoms with van der Waals surface area (Å²) in [5.41, 5.74) is 0.734. The average Bonchev–Trinajstić information content (AvgIpc) is 2.78. The molecule has 0 atom stereocenters. The fourth-order valence-electron chi connectivity index (χ4n) is 1.57. The lowest BCUT2D eigenvalue weighted by Gasteiger charge is -2.24. The van der Waals surface area contributed by atoms with Gasteiger partial charge in [-0.25, -0.2) is 4.98 Å². The fraction of sp³-hybridized carbons (Fsp3) is 0.429. The van der Waals surface area contributed by atoms with Gasteiger partial charge in [0.2, 0.25) is 5.91 Å². The minimum atomic E-state index is -0.154. The molecule has 0 unspecified atom stereocenters. The molecule has 0 aliphatic rings. The Morgan fingerprint density at radius 1 is 1.50 bits per heavy atom. The van der Waals surface area contributed by atoms with Crippen LogP contribution in [0.2, 0.25) is 5.02 Å². The van der Waals surface area contributed by atoms with Crippen molar-refractivity contribution in [2.24, 2.45) is 0 Å². The first kappa shape index (κ1) is 15.6. The summed E-state index contributed by atoms with van der Waals surface area (Å²) in [7, 11) is 0. The number of aromatic nitrogens is 1. The largest absolute Gasteiger partial charge is 0.351 e. The van der Waals surface area contributed by atoms with Crippen LogP contribution in [0.25, 0.3) is 10.2 Å². The molecule has 0 bridgehead atoms. The van der Waals surface area contributed by atoms with E-state index in [0.29, 0.717) is 10.8 Å². The lowest BCUT2D eigenvalue weighted by atomic mass is 10.0. The van der Waals surface area contributed by atoms with Crippen LogP contribution >= 0.6 is 34.7 Å². The smallest absolute Gasteiger partial charge is 0.230 e. The molecule has 2 rings (SSSR count). The first-order valence-corrected chi connectivity index (χ1v) is 8.57. The van der Waals surface area contributed by atoms with Gasteiger partial charge in [-0.15, -0.1) is 11.3 Å². The van der Waals surface area contributed by atoms with Crippen molar-refractivity contribution in [3.8, 4) is 0 Å². The quantitative estimate of drug-likeness (QED) is 0.830. The maximum atomic E-state index is 11.9. The molecule has 108 valence electrons. The summed E-state index contributed by atoms with van der Waals surface area (Å²) in [6.07, 6.45) is 0.906. The molecule has 1 amide bonds. The summed E-state index contributed by atoms with van der Waals surface area (Å²) in [5.74, 6) is 0.427. The molecule has 0 aliphatic heterocycles. The summed E-state index contributed by atoms with van der Waals surface area (Å²) in [6, 6.07) is 5.66. The zero-order chi connectivity index (χ0) is 14.8. The molecule has 6 heteroatoms. The SMILES string of the molecule is CCC(C)(C)NC(=O)CSc1nc2cc(Cl)ccc2s1. The molecule has 0 aliphatic carbocycles. The Bertz CT molecular complexity index is 625. The van der Waals surface area contributed by atoms with Gasteiger partial charge >= 0.3 is 0 Å². The molecule has 1 aromatic carbocycles. The van der Waals surface area contributed by atoms with Crippen LogP contribution in [0.5, 0.6) is 0 Å². The maximum absolute atomic E-state index is 11.9. The van der Waals surface area contributed by atoms with E-state index in [1.54, 1.807) is 11.3 Å². The zero-order valence-corrected chi connectivity index (χ0v) is 14.1. The molecular formula is C14H17ClN2OS2. The number of halogens is 1. The molecule has 2 aromatic rings. The highest BCUT2D eigenvalue weighted by Gasteiger charge is 2.18. The number of nitrogens with zero attached hydrogens (tertiary/aromatic N) is 1. The second-order valence-corrected chi connectivity index (χ2v) is 7.86. The van der Waals surface area contributed by atoms with Gasteiger partial charge in [0.1, 0.15) is 0 Å². The van der Waals surface area contributed by atoms with E-state index in [9.17, 15) is 4.79 Å². The van der Waals surface area contributed by atoms with Crippen molar-refractivity contribution in [3.63, 3.8) is 0 Å². The van der Waals surface area contributed by atoms with Crippen molar-refractivity contribution in [2.45, 2.75) is 37.1 Å². The number of fused-ring (bicyclic) bond motifs is 1. The third kappa shape index (κ3) is 4.11. The lowest BCUT2D eigenvalue weighted by Crippen LogP contribution is -2.43. The van der Waals surface area contributed by atoms with Crippen LogP contribution in [0, 0.1) is 0 Å². The van der Waals surface area contributed by atoms with Crippen molar-refractivity contribution in [1.29, 1.82) is 0 Å². The number of carbonyl (C=O) groups is 1. The van der Waals surface area contributed by atoms with Crippen molar-refractivity contribution in [3.05, 3.63) is 23.2 Å². The van der Waals surface area contributed by atoms with Crippen LogP contribution in [0.15, 0.2) is 22.5 Å². The number of thioether (sulfide) groups is 1. The van der Waals surface area contributed by atoms with E-state index in [2.05, 4.69) is 17.2 Å². The number of thiazole rings is 1. The molecule has 0 saturated heterocycles. The highest BCUT2D eigenvalue weighted by molar-refractivity contribution is 8.01. The van der Waals surface area contributed by atoms with Crippen LogP contribution in [-0.4, -0.2) is 22.2 Å². The standard InChI is InChI=1S/C14H17ClN2OS2/c1-4-14(2,3)17-12(18)8-19-13-16-10-7-9(15)5-6-11(10)20-13/h5-7H,4,8H2,1-3H3,(H,17,18). The number of hydrogen-bond acceptors (Lipinski definition) is 4. The molecule has 3 nitrogen and oxygen atoms in total. The topological polar surface area (TPSA) is 42.0 Å². The van der Waals surface area contributed by atoms with Gasteiger partial charge in [-0.2, -0.15) is 0 Å². The third-order valence-electron chi connectivity index (χ3n) is 3.02. The van der Waals surface area contributed by atoms with Gasteiger partial charge < -0.3 is 5.32 Å². The van der Waals surface area contributed by atoms with E-state index in [1.165, 1.54) is 11.8 Å². The Morgan fingerprint density at radius 2 is 2.25 bits per heavy atom. The van der Waals surface area contributed by atoms with Gasteiger partial charge in [0.15, 0.2) is 4.34 Å². The minimum Gasteiger partial charge on any atom is -0.351 e. The Hall–Kier alpha value is -0.780. The van der Waals surface area contributed by atoms with E-state index in [4.69, 9.17) is 11.6 Å². The highest BCUT2D eigenvalue weighted by atomic mass is 35.5. The van der Waals surface area contributed by atoms with Gasteiger partial charge in [0.05, 0.1) is 16.0 Å². The molecule has 0 fully saturated rings. The Kier molecular flexibility index (Phi) is 4.94. The zero-order valence-electron chi connectivity index (χ0n) is 11.7. The first-order chi connectivity index (χ1) is 9.39. The van der Waals surface area contributed by atoms with Crippen LogP contribution in [0.1, 0.15) is 27.2 Å². The molecule has 1 N–H and O–H groups in total.